The van der Waals surface area contributed by atoms with Gasteiger partial charge in [-0.05, 0) is 212 Å². The van der Waals surface area contributed by atoms with E-state index in [2.05, 4.69) is 174 Å². The molecule has 15 heterocycles. The lowest BCUT2D eigenvalue weighted by Gasteiger charge is -2.43. The Hall–Kier alpha value is -10.4. The van der Waals surface area contributed by atoms with Crippen molar-refractivity contribution in [2.45, 2.75) is 147 Å². The first-order valence-electron chi connectivity index (χ1n) is 42.2. The third-order valence-corrected chi connectivity index (χ3v) is 28.3. The van der Waals surface area contributed by atoms with Crippen LogP contribution < -0.4 is 24.9 Å². The summed E-state index contributed by atoms with van der Waals surface area (Å²) >= 11 is 5.10. The SMILES string of the molecule is CC1CN2C(=O)C(CCCc3cccc4ncsc34)CC2CN1c1ccccc1F.Cc1ccc(N2CCN3C(=O)C(CCCc4cccc5ncsc45)CC3C2)nc1.Cc1ccc(N2CCN3C(=O)C(CCNCc4cccc5ncnn45)C[C@H]3C2)nc1.O=C1C(CCCc2cccc3ncsc23)CC2CN(c3ccccc3F)CCN12. The van der Waals surface area contributed by atoms with Crippen molar-refractivity contribution in [3.8, 4) is 0 Å². The number of nitrogens with zero attached hydrogens (tertiary/aromatic N) is 16. The van der Waals surface area contributed by atoms with E-state index in [1.54, 1.807) is 52.5 Å². The van der Waals surface area contributed by atoms with Gasteiger partial charge in [0.1, 0.15) is 29.6 Å². The van der Waals surface area contributed by atoms with Crippen LogP contribution in [0.2, 0.25) is 0 Å². The fourth-order valence-electron chi connectivity index (χ4n) is 19.4. The van der Waals surface area contributed by atoms with Gasteiger partial charge in [-0.15, -0.1) is 34.0 Å². The van der Waals surface area contributed by atoms with E-state index >= 15 is 0 Å². The first kappa shape index (κ1) is 80.0. The summed E-state index contributed by atoms with van der Waals surface area (Å²) in [5.41, 5.74) is 18.5. The lowest BCUT2D eigenvalue weighted by Crippen LogP contribution is -2.56. The Kier molecular flexibility index (Phi) is 24.7. The Balaban J connectivity index is 0.000000113. The van der Waals surface area contributed by atoms with E-state index in [1.165, 1.54) is 54.0 Å². The van der Waals surface area contributed by atoms with E-state index in [0.717, 1.165) is 182 Å². The molecule has 8 unspecified atom stereocenters. The number of para-hydroxylation sites is 2. The number of carbonyl (C=O) groups excluding carboxylic acids is 4. The Morgan fingerprint density at radius 2 is 0.847 bits per heavy atom. The van der Waals surface area contributed by atoms with Gasteiger partial charge in [0.15, 0.2) is 5.65 Å². The van der Waals surface area contributed by atoms with Crippen molar-refractivity contribution < 1.29 is 28.0 Å². The largest absolute Gasteiger partial charge is 0.365 e. The summed E-state index contributed by atoms with van der Waals surface area (Å²) in [5, 5.41) is 7.74. The number of hydrogen-bond acceptors (Lipinski definition) is 19. The third-order valence-electron chi connectivity index (χ3n) is 25.5. The number of carbonyl (C=O) groups is 4. The Bertz CT molecular complexity index is 5490. The van der Waals surface area contributed by atoms with E-state index < -0.39 is 0 Å². The molecule has 0 radical (unpaired) electrons. The van der Waals surface area contributed by atoms with Crippen LogP contribution in [-0.4, -0.2) is 191 Å². The summed E-state index contributed by atoms with van der Waals surface area (Å²) in [7, 11) is 0. The molecule has 8 fully saturated rings. The van der Waals surface area contributed by atoms with E-state index in [0.29, 0.717) is 73.9 Å². The van der Waals surface area contributed by atoms with Gasteiger partial charge in [-0.25, -0.2) is 43.2 Å². The summed E-state index contributed by atoms with van der Waals surface area (Å²) in [6.45, 7) is 16.3. The number of pyridine rings is 3. The van der Waals surface area contributed by atoms with Crippen LogP contribution in [0.25, 0.3) is 36.3 Å². The van der Waals surface area contributed by atoms with E-state index in [-0.39, 0.29) is 59.3 Å². The number of aromatic nitrogens is 8. The van der Waals surface area contributed by atoms with Gasteiger partial charge in [-0.3, -0.25) is 19.2 Å². The van der Waals surface area contributed by atoms with Crippen LogP contribution in [0.4, 0.5) is 31.8 Å². The number of benzene rings is 5. The minimum Gasteiger partial charge on any atom is -0.365 e. The number of halogens is 2. The molecule has 0 aliphatic carbocycles. The molecule has 12 aromatic rings. The van der Waals surface area contributed by atoms with Crippen molar-refractivity contribution in [1.82, 2.24) is 64.4 Å². The number of thiazole rings is 3. The monoisotopic (exact) mass is 1640 g/mol. The molecule has 5 aromatic carbocycles. The lowest BCUT2D eigenvalue weighted by molar-refractivity contribution is -0.133. The molecule has 26 heteroatoms. The molecule has 9 atom stereocenters. The van der Waals surface area contributed by atoms with Crippen LogP contribution in [0.15, 0.2) is 181 Å². The zero-order valence-electron chi connectivity index (χ0n) is 67.4. The molecule has 1 N–H and O–H groups in total. The van der Waals surface area contributed by atoms with Crippen LogP contribution in [0.1, 0.15) is 111 Å². The van der Waals surface area contributed by atoms with Crippen molar-refractivity contribution in [2.24, 2.45) is 23.7 Å². The van der Waals surface area contributed by atoms with Crippen LogP contribution in [-0.2, 0) is 45.0 Å². The van der Waals surface area contributed by atoms with E-state index in [4.69, 9.17) is 0 Å². The summed E-state index contributed by atoms with van der Waals surface area (Å²) < 4.78 is 34.2. The zero-order chi connectivity index (χ0) is 80.8. The van der Waals surface area contributed by atoms with Gasteiger partial charge in [-0.1, -0.05) is 78.9 Å². The molecule has 8 aliphatic rings. The van der Waals surface area contributed by atoms with Crippen molar-refractivity contribution in [1.29, 1.82) is 0 Å². The van der Waals surface area contributed by atoms with Gasteiger partial charge in [0, 0.05) is 121 Å². The second kappa shape index (κ2) is 36.4. The van der Waals surface area contributed by atoms with Gasteiger partial charge < -0.3 is 44.5 Å². The first-order valence-corrected chi connectivity index (χ1v) is 44.8. The smallest absolute Gasteiger partial charge is 0.226 e. The molecular formula is C92H103F2N17O4S3. The van der Waals surface area contributed by atoms with E-state index in [1.807, 2.05) is 80.8 Å². The molecule has 8 aliphatic heterocycles. The number of piperazine rings is 4. The highest BCUT2D eigenvalue weighted by Gasteiger charge is 2.47. The van der Waals surface area contributed by atoms with Crippen LogP contribution >= 0.6 is 34.0 Å². The maximum atomic E-state index is 14.3. The topological polar surface area (TPSA) is 201 Å². The highest BCUT2D eigenvalue weighted by Crippen LogP contribution is 2.40. The predicted octanol–water partition coefficient (Wildman–Crippen LogP) is 15.1. The first-order chi connectivity index (χ1) is 57.7. The molecule has 8 saturated heterocycles. The highest BCUT2D eigenvalue weighted by atomic mass is 32.1. The highest BCUT2D eigenvalue weighted by molar-refractivity contribution is 7.17. The van der Waals surface area contributed by atoms with Crippen molar-refractivity contribution in [3.05, 3.63) is 226 Å². The molecular weight excluding hydrogens is 1540 g/mol. The minimum absolute atomic E-state index is 0.0865. The number of aryl methyl sites for hydroxylation is 5. The average molecular weight is 1650 g/mol. The Morgan fingerprint density at radius 1 is 0.415 bits per heavy atom. The second-order valence-electron chi connectivity index (χ2n) is 33.1. The fraction of sp³-hybridized carbons (Fsp3) is 0.424. The molecule has 0 spiro atoms. The molecule has 0 saturated carbocycles. The molecule has 0 bridgehead atoms. The van der Waals surface area contributed by atoms with Gasteiger partial charge in [0.05, 0.1) is 88.4 Å². The number of anilines is 4. The van der Waals surface area contributed by atoms with E-state index in [9.17, 15) is 28.0 Å². The average Bonchev–Trinajstić information content (AvgIpc) is 1.59. The molecule has 7 aromatic heterocycles. The number of fused-ring (bicyclic) bond motifs is 8. The number of rotatable bonds is 21. The summed E-state index contributed by atoms with van der Waals surface area (Å²) in [6.07, 6.45) is 18.8. The summed E-state index contributed by atoms with van der Waals surface area (Å²) in [6, 6.07) is 48.3. The number of hydrogen-bond donors (Lipinski definition) is 1. The third kappa shape index (κ3) is 17.7. The zero-order valence-corrected chi connectivity index (χ0v) is 69.8. The van der Waals surface area contributed by atoms with Crippen molar-refractivity contribution in [3.63, 3.8) is 0 Å². The van der Waals surface area contributed by atoms with Crippen molar-refractivity contribution in [2.75, 3.05) is 98.1 Å². The molecule has 118 heavy (non-hydrogen) atoms. The van der Waals surface area contributed by atoms with Gasteiger partial charge >= 0.3 is 0 Å². The van der Waals surface area contributed by atoms with Gasteiger partial charge in [-0.2, -0.15) is 5.10 Å². The van der Waals surface area contributed by atoms with Gasteiger partial charge in [0.2, 0.25) is 23.6 Å². The van der Waals surface area contributed by atoms with Crippen molar-refractivity contribution >= 4 is 117 Å². The van der Waals surface area contributed by atoms with Crippen LogP contribution in [0, 0.1) is 49.2 Å². The lowest BCUT2D eigenvalue weighted by atomic mass is 9.96. The maximum Gasteiger partial charge on any atom is 0.226 e. The van der Waals surface area contributed by atoms with Gasteiger partial charge in [0.25, 0.3) is 0 Å². The summed E-state index contributed by atoms with van der Waals surface area (Å²) in [4.78, 5) is 95.5. The van der Waals surface area contributed by atoms with Crippen LogP contribution in [0.3, 0.4) is 0 Å². The number of nitrogens with one attached hydrogen (secondary N) is 1. The Morgan fingerprint density at radius 3 is 1.32 bits per heavy atom. The summed E-state index contributed by atoms with van der Waals surface area (Å²) in [5.74, 6) is 3.40. The molecule has 21 nitrogen and oxygen atoms in total. The minimum atomic E-state index is -0.184. The predicted molar refractivity (Wildman–Crippen MR) is 466 cm³/mol. The quantitative estimate of drug-likeness (QED) is 0.0665. The standard InChI is InChI=1S/C24H26FN3OS.C23H24FN3OS.C23H26N4OS.C22H27N7O/c1-16-13-28-19(14-27(16)22-11-3-2-9-20(22)25)12-18(24(28)29)8-4-6-17-7-5-10-21-23(17)30-15-26-21;24-19-8-1-2-10-21(19)26-11-12-27-18(14-26)13-17(23(27)28)7-3-5-16-6-4-9-20-22(16)29-15-25-20;1-16-8-9-21(24-13-16)26-10-11-27-19(14-26)12-18(23(27)28)6-2-4-17-5-3-7-20-22(17)29-15-25-20;1-16-5-6-20(24-12-16)27-9-10-28-19(14-27)11-17(22(28)30)7-8-23-13-18-3-2-4-21-25-15-26-29(18)21/h2-3,5,7,9-11,15-16,18-19H,4,6,8,12-14H2,1H3;1-2,4,6,8-10,15,17-18H,3,5,7,11-14H2;3,5,7-9,13,15,18-19H,2,4,6,10-12,14H2,1H3;2-6,12,15,17,19,23H,7-11,13-14H2,1H3/t;;;17?,19-/m...0/s1. The normalized spacial score (nSPS) is 22.2. The Labute approximate surface area is 700 Å². The number of amides is 4. The fourth-order valence-corrected chi connectivity index (χ4v) is 21.9. The van der Waals surface area contributed by atoms with Crippen LogP contribution in [0.5, 0.6) is 0 Å². The second-order valence-corrected chi connectivity index (χ2v) is 35.7. The maximum absolute atomic E-state index is 14.3. The molecule has 612 valence electrons. The molecule has 20 rings (SSSR count). The molecule has 4 amide bonds.